The third kappa shape index (κ3) is 4.71. The van der Waals surface area contributed by atoms with Gasteiger partial charge in [-0.3, -0.25) is 14.9 Å². The smallest absolute Gasteiger partial charge is 0.413 e. The Kier molecular flexibility index (Phi) is 6.25. The monoisotopic (exact) mass is 542 g/mol. The highest BCUT2D eigenvalue weighted by molar-refractivity contribution is 5.96. The van der Waals surface area contributed by atoms with Crippen LogP contribution in [0.2, 0.25) is 0 Å². The van der Waals surface area contributed by atoms with Crippen LogP contribution in [0, 0.1) is 0 Å². The Hall–Kier alpha value is -4.33. The molecule has 1 N–H and O–H groups in total. The van der Waals surface area contributed by atoms with E-state index in [1.165, 1.54) is 23.2 Å². The fraction of sp³-hybridized carbons (Fsp3) is 0.320. The van der Waals surface area contributed by atoms with Gasteiger partial charge >= 0.3 is 18.1 Å². The maximum atomic E-state index is 15.4. The van der Waals surface area contributed by atoms with Gasteiger partial charge in [0.15, 0.2) is 0 Å². The van der Waals surface area contributed by atoms with Crippen LogP contribution in [-0.2, 0) is 12.7 Å². The van der Waals surface area contributed by atoms with Crippen molar-refractivity contribution >= 4 is 11.7 Å². The SMILES string of the molecule is O=C1N(Cc2ccc(-c3nnc(C(F)(F)F)o3)cn2)C2C=C(F)C(N3CCNCC3)=CC2N1c1cccnc1. The molecule has 0 saturated carbocycles. The minimum absolute atomic E-state index is 0.0370. The largest absolute Gasteiger partial charge is 0.470 e. The second-order valence-electron chi connectivity index (χ2n) is 9.22. The van der Waals surface area contributed by atoms with Gasteiger partial charge < -0.3 is 19.5 Å². The summed E-state index contributed by atoms with van der Waals surface area (Å²) in [5, 5.41) is 9.70. The Morgan fingerprint density at radius 1 is 1.05 bits per heavy atom. The first-order valence-electron chi connectivity index (χ1n) is 12.2. The molecule has 1 aliphatic carbocycles. The van der Waals surface area contributed by atoms with Gasteiger partial charge in [0.25, 0.3) is 0 Å². The van der Waals surface area contributed by atoms with Crippen LogP contribution in [0.3, 0.4) is 0 Å². The molecular formula is C25H22F4N8O2. The summed E-state index contributed by atoms with van der Waals surface area (Å²) in [4.78, 5) is 27.2. The maximum Gasteiger partial charge on any atom is 0.470 e. The number of alkyl halides is 3. The number of carbonyl (C=O) groups is 1. The van der Waals surface area contributed by atoms with E-state index in [1.807, 2.05) is 4.90 Å². The Morgan fingerprint density at radius 2 is 1.87 bits per heavy atom. The van der Waals surface area contributed by atoms with Gasteiger partial charge in [0.1, 0.15) is 5.83 Å². The van der Waals surface area contributed by atoms with Crippen LogP contribution in [0.5, 0.6) is 0 Å². The fourth-order valence-corrected chi connectivity index (χ4v) is 4.96. The minimum Gasteiger partial charge on any atom is -0.413 e. The molecule has 10 nitrogen and oxygen atoms in total. The van der Waals surface area contributed by atoms with Crippen LogP contribution in [0.1, 0.15) is 11.6 Å². The molecule has 2 amide bonds. The van der Waals surface area contributed by atoms with Crippen molar-refractivity contribution in [3.63, 3.8) is 0 Å². The molecule has 5 heterocycles. The lowest BCUT2D eigenvalue weighted by Crippen LogP contribution is -2.45. The molecular weight excluding hydrogens is 520 g/mol. The molecule has 2 unspecified atom stereocenters. The average molecular weight is 542 g/mol. The van der Waals surface area contributed by atoms with Crippen LogP contribution in [0.25, 0.3) is 11.5 Å². The summed E-state index contributed by atoms with van der Waals surface area (Å²) in [6, 6.07) is 5.07. The lowest BCUT2D eigenvalue weighted by Gasteiger charge is -2.35. The van der Waals surface area contributed by atoms with Crippen LogP contribution < -0.4 is 10.2 Å². The molecule has 6 rings (SSSR count). The molecule has 2 aliphatic heterocycles. The zero-order chi connectivity index (χ0) is 27.1. The van der Waals surface area contributed by atoms with Crippen LogP contribution >= 0.6 is 0 Å². The Bertz CT molecular complexity index is 1420. The van der Waals surface area contributed by atoms with E-state index in [1.54, 1.807) is 41.6 Å². The van der Waals surface area contributed by atoms with E-state index < -0.39 is 30.0 Å². The Labute approximate surface area is 219 Å². The third-order valence-corrected chi connectivity index (χ3v) is 6.80. The molecule has 39 heavy (non-hydrogen) atoms. The highest BCUT2D eigenvalue weighted by Gasteiger charge is 2.47. The van der Waals surface area contributed by atoms with Crippen LogP contribution in [0.4, 0.5) is 28.0 Å². The van der Waals surface area contributed by atoms with Crippen LogP contribution in [0.15, 0.2) is 70.9 Å². The highest BCUT2D eigenvalue weighted by atomic mass is 19.4. The van der Waals surface area contributed by atoms with Gasteiger partial charge in [0.2, 0.25) is 5.89 Å². The normalized spacial score (nSPS) is 21.6. The van der Waals surface area contributed by atoms with Crippen molar-refractivity contribution < 1.29 is 26.8 Å². The molecule has 2 fully saturated rings. The number of aromatic nitrogens is 4. The second kappa shape index (κ2) is 9.76. The lowest BCUT2D eigenvalue weighted by atomic mass is 9.98. The molecule has 3 aromatic heterocycles. The predicted molar refractivity (Wildman–Crippen MR) is 129 cm³/mol. The average Bonchev–Trinajstić information content (AvgIpc) is 3.54. The van der Waals surface area contributed by atoms with E-state index in [0.29, 0.717) is 30.2 Å². The quantitative estimate of drug-likeness (QED) is 0.490. The summed E-state index contributed by atoms with van der Waals surface area (Å²) < 4.78 is 58.5. The molecule has 2 atom stereocenters. The van der Waals surface area contributed by atoms with E-state index in [-0.39, 0.29) is 24.0 Å². The standard InChI is InChI=1S/C25H22F4N8O2/c26-18-10-20-21(11-19(18)35-8-6-30-7-9-35)37(17-2-1-5-31-13-17)24(38)36(20)14-16-4-3-15(12-32-16)22-33-34-23(39-22)25(27,28)29/h1-5,10-13,20-21,30H,6-9,14H2. The molecule has 0 spiro atoms. The third-order valence-electron chi connectivity index (χ3n) is 6.80. The zero-order valence-corrected chi connectivity index (χ0v) is 20.3. The molecule has 2 saturated heterocycles. The van der Waals surface area contributed by atoms with Crippen molar-refractivity contribution in [1.82, 2.24) is 35.3 Å². The molecule has 0 aromatic carbocycles. The number of fused-ring (bicyclic) bond motifs is 1. The summed E-state index contributed by atoms with van der Waals surface area (Å²) in [6.07, 6.45) is 2.97. The first-order valence-corrected chi connectivity index (χ1v) is 12.2. The van der Waals surface area contributed by atoms with Crippen molar-refractivity contribution in [2.24, 2.45) is 0 Å². The number of urea groups is 1. The number of piperazine rings is 1. The number of hydrogen-bond acceptors (Lipinski definition) is 8. The van der Waals surface area contributed by atoms with Gasteiger partial charge in [-0.05, 0) is 36.4 Å². The maximum absolute atomic E-state index is 15.4. The number of carbonyl (C=O) groups excluding carboxylic acids is 1. The summed E-state index contributed by atoms with van der Waals surface area (Å²) in [5.74, 6) is -2.18. The summed E-state index contributed by atoms with van der Waals surface area (Å²) in [5.41, 5.74) is 1.67. The number of nitrogens with one attached hydrogen (secondary N) is 1. The number of rotatable bonds is 5. The van der Waals surface area contributed by atoms with E-state index in [9.17, 15) is 18.0 Å². The molecule has 0 radical (unpaired) electrons. The number of pyridine rings is 2. The number of allylic oxidation sites excluding steroid dienone is 1. The summed E-state index contributed by atoms with van der Waals surface area (Å²) in [7, 11) is 0. The predicted octanol–water partition coefficient (Wildman–Crippen LogP) is 3.38. The molecule has 202 valence electrons. The molecule has 3 aromatic rings. The van der Waals surface area contributed by atoms with Crippen molar-refractivity contribution in [2.45, 2.75) is 24.8 Å². The molecule has 3 aliphatic rings. The van der Waals surface area contributed by atoms with Crippen molar-refractivity contribution in [2.75, 3.05) is 31.1 Å². The first kappa shape index (κ1) is 25.0. The first-order chi connectivity index (χ1) is 18.8. The van der Waals surface area contributed by atoms with Gasteiger partial charge in [0, 0.05) is 38.6 Å². The van der Waals surface area contributed by atoms with E-state index in [2.05, 4.69) is 25.5 Å². The molecule has 14 heteroatoms. The number of nitrogens with zero attached hydrogens (tertiary/aromatic N) is 7. The highest BCUT2D eigenvalue weighted by Crippen LogP contribution is 2.37. The fourth-order valence-electron chi connectivity index (χ4n) is 4.96. The van der Waals surface area contributed by atoms with Gasteiger partial charge in [0.05, 0.1) is 47.5 Å². The summed E-state index contributed by atoms with van der Waals surface area (Å²) >= 11 is 0. The van der Waals surface area contributed by atoms with Gasteiger partial charge in [-0.15, -0.1) is 10.2 Å². The lowest BCUT2D eigenvalue weighted by molar-refractivity contribution is -0.156. The zero-order valence-electron chi connectivity index (χ0n) is 20.3. The van der Waals surface area contributed by atoms with Crippen molar-refractivity contribution in [3.8, 4) is 11.5 Å². The minimum atomic E-state index is -4.76. The van der Waals surface area contributed by atoms with Crippen molar-refractivity contribution in [3.05, 3.63) is 78.1 Å². The summed E-state index contributed by atoms with van der Waals surface area (Å²) in [6.45, 7) is 2.80. The van der Waals surface area contributed by atoms with Gasteiger partial charge in [-0.25, -0.2) is 9.18 Å². The molecule has 0 bridgehead atoms. The number of anilines is 1. The number of amides is 2. The van der Waals surface area contributed by atoms with Gasteiger partial charge in [-0.1, -0.05) is 0 Å². The van der Waals surface area contributed by atoms with Crippen molar-refractivity contribution in [1.29, 1.82) is 0 Å². The van der Waals surface area contributed by atoms with E-state index in [0.717, 1.165) is 13.1 Å². The number of halogens is 4. The van der Waals surface area contributed by atoms with E-state index in [4.69, 9.17) is 4.42 Å². The second-order valence-corrected chi connectivity index (χ2v) is 9.22. The Morgan fingerprint density at radius 3 is 2.54 bits per heavy atom. The number of hydrogen-bond donors (Lipinski definition) is 1. The van der Waals surface area contributed by atoms with E-state index >= 15 is 4.39 Å². The van der Waals surface area contributed by atoms with Gasteiger partial charge in [-0.2, -0.15) is 13.2 Å². The Balaban J connectivity index is 1.28. The topological polar surface area (TPSA) is 104 Å². The van der Waals surface area contributed by atoms with Crippen LogP contribution in [-0.4, -0.2) is 74.3 Å².